The van der Waals surface area contributed by atoms with Crippen LogP contribution in [0.1, 0.15) is 25.3 Å². The molecule has 0 unspecified atom stereocenters. The minimum Gasteiger partial charge on any atom is -0.300 e. The topological polar surface area (TPSA) is 17.1 Å². The van der Waals surface area contributed by atoms with Gasteiger partial charge in [0.1, 0.15) is 5.78 Å². The number of rotatable bonds is 4. The summed E-state index contributed by atoms with van der Waals surface area (Å²) in [7, 11) is 0. The Morgan fingerprint density at radius 1 is 1.36 bits per heavy atom. The lowest BCUT2D eigenvalue weighted by Gasteiger charge is -2.02. The van der Waals surface area contributed by atoms with Crippen LogP contribution in [0.15, 0.2) is 18.2 Å². The second-order valence-electron chi connectivity index (χ2n) is 3.27. The van der Waals surface area contributed by atoms with E-state index in [2.05, 4.69) is 0 Å². The van der Waals surface area contributed by atoms with E-state index in [1.807, 2.05) is 0 Å². The maximum atomic E-state index is 13.1. The monoisotopic (exact) mass is 198 g/mol. The first-order valence-corrected chi connectivity index (χ1v) is 4.53. The summed E-state index contributed by atoms with van der Waals surface area (Å²) in [5, 5.41) is 0. The van der Waals surface area contributed by atoms with Crippen molar-refractivity contribution >= 4 is 5.78 Å². The second kappa shape index (κ2) is 4.84. The van der Waals surface area contributed by atoms with Gasteiger partial charge in [-0.2, -0.15) is 0 Å². The molecule has 0 saturated heterocycles. The molecule has 14 heavy (non-hydrogen) atoms. The van der Waals surface area contributed by atoms with Gasteiger partial charge in [0.25, 0.3) is 0 Å². The molecule has 0 saturated carbocycles. The van der Waals surface area contributed by atoms with Gasteiger partial charge < -0.3 is 4.79 Å². The molecule has 0 bridgehead atoms. The summed E-state index contributed by atoms with van der Waals surface area (Å²) in [5.41, 5.74) is 0.339. The van der Waals surface area contributed by atoms with Gasteiger partial charge in [-0.3, -0.25) is 0 Å². The summed E-state index contributed by atoms with van der Waals surface area (Å²) in [6.45, 7) is 1.49. The molecule has 0 fully saturated rings. The third-order valence-electron chi connectivity index (χ3n) is 2.01. The molecule has 76 valence electrons. The molecule has 0 spiro atoms. The Hall–Kier alpha value is -1.25. The third-order valence-corrected chi connectivity index (χ3v) is 2.01. The number of ketones is 1. The van der Waals surface area contributed by atoms with E-state index < -0.39 is 11.6 Å². The maximum absolute atomic E-state index is 13.1. The molecule has 1 nitrogen and oxygen atoms in total. The van der Waals surface area contributed by atoms with E-state index in [1.54, 1.807) is 6.07 Å². The molecular weight excluding hydrogens is 186 g/mol. The second-order valence-corrected chi connectivity index (χ2v) is 3.27. The number of halogens is 2. The van der Waals surface area contributed by atoms with Crippen LogP contribution in [-0.4, -0.2) is 5.78 Å². The number of Topliss-reactive ketones (excluding diaryl/α,β-unsaturated/α-hetero) is 1. The molecule has 1 aromatic carbocycles. The van der Waals surface area contributed by atoms with E-state index in [9.17, 15) is 13.6 Å². The predicted octanol–water partition coefficient (Wildman–Crippen LogP) is 2.88. The zero-order chi connectivity index (χ0) is 10.6. The summed E-state index contributed by atoms with van der Waals surface area (Å²) >= 11 is 0. The number of benzene rings is 1. The van der Waals surface area contributed by atoms with Crippen LogP contribution in [-0.2, 0) is 11.2 Å². The molecule has 1 rings (SSSR count). The Labute approximate surface area is 81.7 Å². The van der Waals surface area contributed by atoms with E-state index in [4.69, 9.17) is 0 Å². The van der Waals surface area contributed by atoms with Crippen LogP contribution in [0.3, 0.4) is 0 Å². The highest BCUT2D eigenvalue weighted by Gasteiger charge is 2.06. The molecule has 0 atom stereocenters. The van der Waals surface area contributed by atoms with Crippen molar-refractivity contribution in [1.29, 1.82) is 0 Å². The zero-order valence-corrected chi connectivity index (χ0v) is 8.02. The molecule has 0 heterocycles. The summed E-state index contributed by atoms with van der Waals surface area (Å²) < 4.78 is 25.8. The first-order valence-electron chi connectivity index (χ1n) is 4.53. The van der Waals surface area contributed by atoms with E-state index in [0.29, 0.717) is 24.8 Å². The van der Waals surface area contributed by atoms with Crippen molar-refractivity contribution in [1.82, 2.24) is 0 Å². The van der Waals surface area contributed by atoms with Crippen LogP contribution >= 0.6 is 0 Å². The van der Waals surface area contributed by atoms with Gasteiger partial charge in [0, 0.05) is 6.42 Å². The number of hydrogen-bond donors (Lipinski definition) is 0. The predicted molar refractivity (Wildman–Crippen MR) is 50.0 cm³/mol. The zero-order valence-electron chi connectivity index (χ0n) is 8.02. The SMILES string of the molecule is CC(=O)CCCc1cccc(F)c1F. The Morgan fingerprint density at radius 3 is 2.71 bits per heavy atom. The number of carbonyl (C=O) groups is 1. The highest BCUT2D eigenvalue weighted by atomic mass is 19.2. The van der Waals surface area contributed by atoms with Gasteiger partial charge in [-0.1, -0.05) is 12.1 Å². The lowest BCUT2D eigenvalue weighted by Crippen LogP contribution is -1.96. The largest absolute Gasteiger partial charge is 0.300 e. The van der Waals surface area contributed by atoms with Crippen molar-refractivity contribution in [3.8, 4) is 0 Å². The van der Waals surface area contributed by atoms with Crippen LogP contribution in [0.25, 0.3) is 0 Å². The minimum absolute atomic E-state index is 0.0711. The summed E-state index contributed by atoms with van der Waals surface area (Å²) in [5.74, 6) is -1.55. The van der Waals surface area contributed by atoms with Crippen LogP contribution in [0.5, 0.6) is 0 Å². The fourth-order valence-electron chi connectivity index (χ4n) is 1.27. The fourth-order valence-corrected chi connectivity index (χ4v) is 1.27. The fraction of sp³-hybridized carbons (Fsp3) is 0.364. The van der Waals surface area contributed by atoms with Crippen molar-refractivity contribution in [2.45, 2.75) is 26.2 Å². The number of hydrogen-bond acceptors (Lipinski definition) is 1. The van der Waals surface area contributed by atoms with Crippen molar-refractivity contribution < 1.29 is 13.6 Å². The summed E-state index contributed by atoms with van der Waals surface area (Å²) in [6, 6.07) is 4.10. The molecule has 0 aliphatic carbocycles. The Bertz CT molecular complexity index is 334. The maximum Gasteiger partial charge on any atom is 0.162 e. The average Bonchev–Trinajstić information content (AvgIpc) is 2.12. The van der Waals surface area contributed by atoms with Crippen molar-refractivity contribution in [2.75, 3.05) is 0 Å². The van der Waals surface area contributed by atoms with E-state index in [-0.39, 0.29) is 5.78 Å². The van der Waals surface area contributed by atoms with Gasteiger partial charge in [-0.05, 0) is 31.4 Å². The van der Waals surface area contributed by atoms with Gasteiger partial charge >= 0.3 is 0 Å². The van der Waals surface area contributed by atoms with Crippen LogP contribution in [0, 0.1) is 11.6 Å². The Morgan fingerprint density at radius 2 is 2.07 bits per heavy atom. The molecule has 0 aromatic heterocycles. The lowest BCUT2D eigenvalue weighted by atomic mass is 10.1. The summed E-state index contributed by atoms with van der Waals surface area (Å²) in [4.78, 5) is 10.6. The van der Waals surface area contributed by atoms with Crippen molar-refractivity contribution in [3.05, 3.63) is 35.4 Å². The van der Waals surface area contributed by atoms with Gasteiger partial charge in [0.2, 0.25) is 0 Å². The third kappa shape index (κ3) is 2.91. The van der Waals surface area contributed by atoms with E-state index >= 15 is 0 Å². The molecule has 0 radical (unpaired) electrons. The molecular formula is C11H12F2O. The first kappa shape index (κ1) is 10.8. The van der Waals surface area contributed by atoms with Crippen molar-refractivity contribution in [2.24, 2.45) is 0 Å². The Balaban J connectivity index is 2.59. The highest BCUT2D eigenvalue weighted by Crippen LogP contribution is 2.13. The molecule has 0 N–H and O–H groups in total. The number of carbonyl (C=O) groups excluding carboxylic acids is 1. The molecule has 3 heteroatoms. The minimum atomic E-state index is -0.828. The van der Waals surface area contributed by atoms with Gasteiger partial charge in [-0.25, -0.2) is 8.78 Å². The van der Waals surface area contributed by atoms with Crippen LogP contribution < -0.4 is 0 Å². The van der Waals surface area contributed by atoms with E-state index in [1.165, 1.54) is 13.0 Å². The van der Waals surface area contributed by atoms with E-state index in [0.717, 1.165) is 6.07 Å². The van der Waals surface area contributed by atoms with Gasteiger partial charge in [0.15, 0.2) is 11.6 Å². The molecule has 0 aliphatic heterocycles. The number of aryl methyl sites for hydroxylation is 1. The molecule has 0 aliphatic rings. The van der Waals surface area contributed by atoms with Crippen molar-refractivity contribution in [3.63, 3.8) is 0 Å². The first-order chi connectivity index (χ1) is 6.61. The highest BCUT2D eigenvalue weighted by molar-refractivity contribution is 5.75. The quantitative estimate of drug-likeness (QED) is 0.727. The molecule has 1 aromatic rings. The standard InChI is InChI=1S/C11H12F2O/c1-8(14)4-2-5-9-6-3-7-10(12)11(9)13/h3,6-7H,2,4-5H2,1H3. The summed E-state index contributed by atoms with van der Waals surface area (Å²) in [6.07, 6.45) is 1.38. The smallest absolute Gasteiger partial charge is 0.162 e. The van der Waals surface area contributed by atoms with Gasteiger partial charge in [0.05, 0.1) is 0 Å². The lowest BCUT2D eigenvalue weighted by molar-refractivity contribution is -0.117. The van der Waals surface area contributed by atoms with Crippen LogP contribution in [0.2, 0.25) is 0 Å². The Kier molecular flexibility index (Phi) is 3.74. The normalized spacial score (nSPS) is 10.2. The van der Waals surface area contributed by atoms with Crippen LogP contribution in [0.4, 0.5) is 8.78 Å². The average molecular weight is 198 g/mol. The molecule has 0 amide bonds. The van der Waals surface area contributed by atoms with Gasteiger partial charge in [-0.15, -0.1) is 0 Å².